The fraction of sp³-hybridized carbons (Fsp3) is 0.378. The second kappa shape index (κ2) is 20.8. The molecule has 0 aliphatic heterocycles. The molecule has 314 valence electrons. The van der Waals surface area contributed by atoms with Crippen molar-refractivity contribution in [3.63, 3.8) is 0 Å². The van der Waals surface area contributed by atoms with Crippen molar-refractivity contribution < 1.29 is 47.7 Å². The topological polar surface area (TPSA) is 187 Å². The molecule has 4 amide bonds. The predicted molar refractivity (Wildman–Crippen MR) is 222 cm³/mol. The fourth-order valence-electron chi connectivity index (χ4n) is 5.88. The van der Waals surface area contributed by atoms with E-state index in [-0.39, 0.29) is 25.9 Å². The van der Waals surface area contributed by atoms with E-state index in [0.29, 0.717) is 17.0 Å². The summed E-state index contributed by atoms with van der Waals surface area (Å²) < 4.78 is 21.6. The van der Waals surface area contributed by atoms with Gasteiger partial charge in [0.25, 0.3) is 0 Å². The molecule has 0 aliphatic carbocycles. The number of carbonyl (C=O) groups is 6. The summed E-state index contributed by atoms with van der Waals surface area (Å²) in [7, 11) is 1.47. The molecule has 4 aromatic rings. The summed E-state index contributed by atoms with van der Waals surface area (Å²) in [5.74, 6) is -3.38. The van der Waals surface area contributed by atoms with Gasteiger partial charge in [-0.05, 0) is 82.0 Å². The van der Waals surface area contributed by atoms with Crippen molar-refractivity contribution in [2.45, 2.75) is 103 Å². The average molecular weight is 811 g/mol. The molecule has 0 saturated carbocycles. The largest absolute Gasteiger partial charge is 0.497 e. The highest BCUT2D eigenvalue weighted by Crippen LogP contribution is 2.20. The molecule has 0 saturated heterocycles. The van der Waals surface area contributed by atoms with Gasteiger partial charge in [0.05, 0.1) is 13.5 Å². The fourth-order valence-corrected chi connectivity index (χ4v) is 5.88. The molecule has 0 spiro atoms. The lowest BCUT2D eigenvalue weighted by Crippen LogP contribution is -2.57. The number of fused-ring (bicyclic) bond motifs is 1. The lowest BCUT2D eigenvalue weighted by molar-refractivity contribution is -0.156. The number of benzene rings is 4. The Kier molecular flexibility index (Phi) is 16.0. The van der Waals surface area contributed by atoms with Gasteiger partial charge in [0.2, 0.25) is 17.7 Å². The van der Waals surface area contributed by atoms with Crippen molar-refractivity contribution in [1.82, 2.24) is 16.0 Å². The van der Waals surface area contributed by atoms with E-state index in [1.807, 2.05) is 48.5 Å². The minimum Gasteiger partial charge on any atom is -0.497 e. The Balaban J connectivity index is 1.62. The lowest BCUT2D eigenvalue weighted by Gasteiger charge is -2.26. The van der Waals surface area contributed by atoms with Crippen LogP contribution in [0.5, 0.6) is 5.75 Å². The summed E-state index contributed by atoms with van der Waals surface area (Å²) in [6, 6.07) is 24.6. The third-order valence-electron chi connectivity index (χ3n) is 8.53. The Hall–Kier alpha value is -6.44. The minimum atomic E-state index is -1.59. The summed E-state index contributed by atoms with van der Waals surface area (Å²) in [5.41, 5.74) is 0.0384. The molecule has 59 heavy (non-hydrogen) atoms. The van der Waals surface area contributed by atoms with Gasteiger partial charge < -0.3 is 40.2 Å². The Bertz CT molecular complexity index is 2090. The van der Waals surface area contributed by atoms with Gasteiger partial charge >= 0.3 is 18.0 Å². The maximum Gasteiger partial charge on any atom is 0.408 e. The second-order valence-corrected chi connectivity index (χ2v) is 15.9. The summed E-state index contributed by atoms with van der Waals surface area (Å²) in [5, 5.41) is 12.5. The van der Waals surface area contributed by atoms with Crippen molar-refractivity contribution >= 4 is 52.2 Å². The second-order valence-electron chi connectivity index (χ2n) is 15.9. The highest BCUT2D eigenvalue weighted by atomic mass is 16.6. The third-order valence-corrected chi connectivity index (χ3v) is 8.53. The molecule has 0 aromatic heterocycles. The number of carbonyl (C=O) groups excluding carboxylic acids is 6. The number of ether oxygens (including phenoxy) is 4. The number of hydrogen-bond donors (Lipinski definition) is 4. The van der Waals surface area contributed by atoms with Crippen molar-refractivity contribution in [3.8, 4) is 5.75 Å². The van der Waals surface area contributed by atoms with E-state index in [1.54, 1.807) is 90.1 Å². The van der Waals surface area contributed by atoms with Crippen LogP contribution < -0.4 is 26.0 Å². The Morgan fingerprint density at radius 2 is 1.22 bits per heavy atom. The van der Waals surface area contributed by atoms with Gasteiger partial charge in [-0.1, -0.05) is 78.9 Å². The zero-order chi connectivity index (χ0) is 43.2. The van der Waals surface area contributed by atoms with Gasteiger partial charge in [0, 0.05) is 24.6 Å². The van der Waals surface area contributed by atoms with Gasteiger partial charge in [-0.3, -0.25) is 24.0 Å². The van der Waals surface area contributed by atoms with Gasteiger partial charge in [-0.15, -0.1) is 0 Å². The van der Waals surface area contributed by atoms with Gasteiger partial charge in [-0.25, -0.2) is 4.79 Å². The van der Waals surface area contributed by atoms with Crippen LogP contribution in [0.15, 0.2) is 97.1 Å². The van der Waals surface area contributed by atoms with Crippen LogP contribution in [0.2, 0.25) is 0 Å². The van der Waals surface area contributed by atoms with E-state index in [1.165, 1.54) is 7.11 Å². The van der Waals surface area contributed by atoms with E-state index >= 15 is 0 Å². The molecule has 0 heterocycles. The summed E-state index contributed by atoms with van der Waals surface area (Å²) in [4.78, 5) is 81.2. The minimum absolute atomic E-state index is 0.0145. The maximum absolute atomic E-state index is 14.2. The monoisotopic (exact) mass is 810 g/mol. The van der Waals surface area contributed by atoms with Crippen LogP contribution in [0.4, 0.5) is 10.5 Å². The predicted octanol–water partition coefficient (Wildman–Crippen LogP) is 6.15. The summed E-state index contributed by atoms with van der Waals surface area (Å²) in [6.07, 6.45) is -1.98. The number of hydrogen-bond acceptors (Lipinski definition) is 10. The van der Waals surface area contributed by atoms with Crippen LogP contribution in [0, 0.1) is 0 Å². The van der Waals surface area contributed by atoms with E-state index in [2.05, 4.69) is 21.3 Å². The van der Waals surface area contributed by atoms with Gasteiger partial charge in [0.1, 0.15) is 41.7 Å². The molecule has 14 heteroatoms. The van der Waals surface area contributed by atoms with Crippen LogP contribution in [0.1, 0.15) is 71.9 Å². The smallest absolute Gasteiger partial charge is 0.408 e. The zero-order valence-corrected chi connectivity index (χ0v) is 34.6. The number of amides is 4. The Labute approximate surface area is 344 Å². The first-order valence-electron chi connectivity index (χ1n) is 19.3. The number of esters is 2. The summed E-state index contributed by atoms with van der Waals surface area (Å²) in [6.45, 7) is 10.00. The molecule has 0 radical (unpaired) electrons. The number of methoxy groups -OCH3 is 1. The van der Waals surface area contributed by atoms with Crippen LogP contribution in [-0.4, -0.2) is 72.2 Å². The number of rotatable bonds is 17. The number of nitrogens with one attached hydrogen (secondary N) is 4. The van der Waals surface area contributed by atoms with Crippen molar-refractivity contribution in [2.75, 3.05) is 12.4 Å². The van der Waals surface area contributed by atoms with Gasteiger partial charge in [-0.2, -0.15) is 0 Å². The first-order chi connectivity index (χ1) is 27.9. The molecular weight excluding hydrogens is 757 g/mol. The lowest BCUT2D eigenvalue weighted by atomic mass is 10.0. The van der Waals surface area contributed by atoms with Crippen molar-refractivity contribution in [3.05, 3.63) is 108 Å². The SMILES string of the molecule is COc1cccc(NC(=O)[C@H](CCC(=O)OC(C)(C)C)NC(=O)[C@H](CC(=O)OC(C)(C)C)NC(=O)[C@@H](Cc2ccc3ccccc3c2)NC(=O)OCc2ccccc2)c1. The van der Waals surface area contributed by atoms with E-state index in [4.69, 9.17) is 18.9 Å². The quantitative estimate of drug-likeness (QED) is 0.0712. The molecule has 0 bridgehead atoms. The number of alkyl carbamates (subject to hydrolysis) is 1. The van der Waals surface area contributed by atoms with Crippen molar-refractivity contribution in [1.29, 1.82) is 0 Å². The van der Waals surface area contributed by atoms with E-state index in [0.717, 1.165) is 16.3 Å². The Morgan fingerprint density at radius 1 is 0.593 bits per heavy atom. The zero-order valence-electron chi connectivity index (χ0n) is 34.6. The molecule has 4 N–H and O–H groups in total. The van der Waals surface area contributed by atoms with Crippen LogP contribution in [0.25, 0.3) is 10.8 Å². The molecule has 4 aromatic carbocycles. The third kappa shape index (κ3) is 15.8. The van der Waals surface area contributed by atoms with Gasteiger partial charge in [0.15, 0.2) is 0 Å². The highest BCUT2D eigenvalue weighted by Gasteiger charge is 2.33. The molecule has 0 aliphatic rings. The molecule has 3 atom stereocenters. The number of anilines is 1. The highest BCUT2D eigenvalue weighted by molar-refractivity contribution is 6.00. The molecule has 4 rings (SSSR count). The van der Waals surface area contributed by atoms with Crippen LogP contribution in [-0.2, 0) is 51.2 Å². The summed E-state index contributed by atoms with van der Waals surface area (Å²) >= 11 is 0. The normalized spacial score (nSPS) is 12.9. The molecular formula is C45H54N4O10. The molecule has 14 nitrogen and oxygen atoms in total. The first kappa shape index (κ1) is 45.3. The maximum atomic E-state index is 14.2. The van der Waals surface area contributed by atoms with Crippen LogP contribution >= 0.6 is 0 Å². The van der Waals surface area contributed by atoms with Crippen molar-refractivity contribution in [2.24, 2.45) is 0 Å². The first-order valence-corrected chi connectivity index (χ1v) is 19.3. The van der Waals surface area contributed by atoms with Crippen LogP contribution in [0.3, 0.4) is 0 Å². The van der Waals surface area contributed by atoms with E-state index in [9.17, 15) is 28.8 Å². The Morgan fingerprint density at radius 3 is 1.90 bits per heavy atom. The standard InChI is InChI=1S/C45H54N4O10/c1-44(2,3)58-38(50)23-22-35(40(52)46-33-18-13-19-34(26-33)56-7)47-42(54)37(27-39(51)59-45(4,5)6)48-41(53)36(49-43(55)57-28-29-14-9-8-10-15-29)25-30-20-21-31-16-11-12-17-32(31)24-30/h8-21,24,26,35-37H,22-23,25,27-28H2,1-7H3,(H,46,52)(H,47,54)(H,48,53)(H,49,55)/t35-,36+,37-/m0/s1. The average Bonchev–Trinajstić information content (AvgIpc) is 3.17. The molecule has 0 unspecified atom stereocenters. The molecule has 0 fully saturated rings. The van der Waals surface area contributed by atoms with E-state index < -0.39 is 71.5 Å².